The average molecular weight is 424 g/mol. The summed E-state index contributed by atoms with van der Waals surface area (Å²) in [6.45, 7) is 4.39. The highest BCUT2D eigenvalue weighted by atomic mass is 32.2. The number of hydrogen-bond acceptors (Lipinski definition) is 6. The van der Waals surface area contributed by atoms with Crippen molar-refractivity contribution >= 4 is 34.9 Å². The molecule has 154 valence electrons. The largest absolute Gasteiger partial charge is 0.454 e. The summed E-state index contributed by atoms with van der Waals surface area (Å²) >= 11 is 0.882. The number of ether oxygens (including phenoxy) is 2. The molecule has 0 unspecified atom stereocenters. The van der Waals surface area contributed by atoms with Crippen molar-refractivity contribution in [1.29, 1.82) is 0 Å². The number of amides is 3. The number of hydrogen-bond donors (Lipinski definition) is 1. The second-order valence-electron chi connectivity index (χ2n) is 7.00. The third kappa shape index (κ3) is 4.04. The second-order valence-corrected chi connectivity index (χ2v) is 7.99. The van der Waals surface area contributed by atoms with Gasteiger partial charge in [0.2, 0.25) is 6.79 Å². The van der Waals surface area contributed by atoms with E-state index in [2.05, 4.69) is 5.32 Å². The Kier molecular flexibility index (Phi) is 5.50. The molecule has 8 heteroatoms. The zero-order valence-corrected chi connectivity index (χ0v) is 17.4. The number of thioether (sulfide) groups is 1. The number of aryl methyl sites for hydroxylation is 2. The topological polar surface area (TPSA) is 84.9 Å². The van der Waals surface area contributed by atoms with Crippen molar-refractivity contribution in [3.05, 3.63) is 63.6 Å². The van der Waals surface area contributed by atoms with Gasteiger partial charge in [0.15, 0.2) is 11.5 Å². The Balaban J connectivity index is 1.37. The van der Waals surface area contributed by atoms with Gasteiger partial charge in [0.25, 0.3) is 17.1 Å². The molecule has 2 aliphatic heterocycles. The molecule has 1 saturated heterocycles. The minimum Gasteiger partial charge on any atom is -0.454 e. The van der Waals surface area contributed by atoms with Crippen LogP contribution in [0.15, 0.2) is 41.3 Å². The van der Waals surface area contributed by atoms with Crippen LogP contribution >= 0.6 is 11.8 Å². The maximum Gasteiger partial charge on any atom is 0.293 e. The monoisotopic (exact) mass is 424 g/mol. The number of fused-ring (bicyclic) bond motifs is 1. The number of imide groups is 1. The quantitative estimate of drug-likeness (QED) is 0.740. The lowest BCUT2D eigenvalue weighted by atomic mass is 10.1. The minimum atomic E-state index is -0.372. The van der Waals surface area contributed by atoms with Gasteiger partial charge in [-0.25, -0.2) is 0 Å². The van der Waals surface area contributed by atoms with Crippen LogP contribution in [0.3, 0.4) is 0 Å². The van der Waals surface area contributed by atoms with E-state index in [0.717, 1.165) is 33.4 Å². The third-order valence-electron chi connectivity index (χ3n) is 4.96. The van der Waals surface area contributed by atoms with E-state index in [-0.39, 0.29) is 36.9 Å². The third-order valence-corrected chi connectivity index (χ3v) is 5.87. The van der Waals surface area contributed by atoms with E-state index in [0.29, 0.717) is 22.0 Å². The van der Waals surface area contributed by atoms with Crippen LogP contribution in [0.5, 0.6) is 11.5 Å². The lowest BCUT2D eigenvalue weighted by Gasteiger charge is -2.13. The van der Waals surface area contributed by atoms with Crippen LogP contribution in [-0.4, -0.2) is 41.8 Å². The molecule has 1 N–H and O–H groups in total. The van der Waals surface area contributed by atoms with E-state index < -0.39 is 0 Å². The number of nitrogens with one attached hydrogen (secondary N) is 1. The molecule has 7 nitrogen and oxygen atoms in total. The van der Waals surface area contributed by atoms with Crippen molar-refractivity contribution in [3.8, 4) is 11.5 Å². The lowest BCUT2D eigenvalue weighted by Crippen LogP contribution is -2.37. The smallest absolute Gasteiger partial charge is 0.293 e. The Morgan fingerprint density at radius 3 is 2.70 bits per heavy atom. The summed E-state index contributed by atoms with van der Waals surface area (Å²) < 4.78 is 10.6. The van der Waals surface area contributed by atoms with Gasteiger partial charge in [-0.05, 0) is 72.6 Å². The maximum atomic E-state index is 12.6. The molecule has 2 aromatic rings. The van der Waals surface area contributed by atoms with Crippen molar-refractivity contribution in [2.45, 2.75) is 13.8 Å². The second kappa shape index (κ2) is 8.23. The fourth-order valence-electron chi connectivity index (χ4n) is 3.11. The normalized spacial score (nSPS) is 16.5. The van der Waals surface area contributed by atoms with Crippen LogP contribution in [0, 0.1) is 13.8 Å². The predicted molar refractivity (Wildman–Crippen MR) is 113 cm³/mol. The predicted octanol–water partition coefficient (Wildman–Crippen LogP) is 3.50. The van der Waals surface area contributed by atoms with Gasteiger partial charge < -0.3 is 14.8 Å². The number of rotatable bonds is 5. The molecule has 0 bridgehead atoms. The molecule has 2 aromatic carbocycles. The first kappa shape index (κ1) is 20.0. The molecule has 0 radical (unpaired) electrons. The molecule has 0 spiro atoms. The van der Waals surface area contributed by atoms with Crippen LogP contribution in [-0.2, 0) is 4.79 Å². The summed E-state index contributed by atoms with van der Waals surface area (Å²) in [5.74, 6) is 0.654. The maximum absolute atomic E-state index is 12.6. The Morgan fingerprint density at radius 2 is 1.90 bits per heavy atom. The molecule has 3 amide bonds. The summed E-state index contributed by atoms with van der Waals surface area (Å²) in [4.78, 5) is 38.7. The van der Waals surface area contributed by atoms with Crippen molar-refractivity contribution in [3.63, 3.8) is 0 Å². The summed E-state index contributed by atoms with van der Waals surface area (Å²) in [5.41, 5.74) is 3.43. The van der Waals surface area contributed by atoms with Gasteiger partial charge in [0.05, 0.1) is 4.91 Å². The van der Waals surface area contributed by atoms with E-state index in [1.807, 2.05) is 26.0 Å². The highest BCUT2D eigenvalue weighted by Gasteiger charge is 2.34. The molecular formula is C22H20N2O5S. The fraction of sp³-hybridized carbons (Fsp3) is 0.227. The first-order chi connectivity index (χ1) is 14.4. The van der Waals surface area contributed by atoms with Crippen LogP contribution in [0.2, 0.25) is 0 Å². The average Bonchev–Trinajstić information content (AvgIpc) is 3.29. The molecule has 0 aromatic heterocycles. The van der Waals surface area contributed by atoms with E-state index in [1.54, 1.807) is 30.3 Å². The van der Waals surface area contributed by atoms with Crippen molar-refractivity contribution < 1.29 is 23.9 Å². The van der Waals surface area contributed by atoms with Gasteiger partial charge in [0.1, 0.15) is 0 Å². The SMILES string of the molecule is Cc1ccc(C(=O)NCCN2C(=O)S/C(=C\c3ccc4c(c3)OCO4)C2=O)cc1C. The van der Waals surface area contributed by atoms with Crippen LogP contribution in [0.4, 0.5) is 4.79 Å². The number of nitrogens with zero attached hydrogens (tertiary/aromatic N) is 1. The molecule has 0 saturated carbocycles. The molecule has 2 aliphatic rings. The van der Waals surface area contributed by atoms with Crippen LogP contribution in [0.1, 0.15) is 27.0 Å². The van der Waals surface area contributed by atoms with Gasteiger partial charge in [-0.3, -0.25) is 19.3 Å². The first-order valence-corrected chi connectivity index (χ1v) is 10.2. The standard InChI is InChI=1S/C22H20N2O5S/c1-13-3-5-16(9-14(13)2)20(25)23-7-8-24-21(26)19(30-22(24)27)11-15-4-6-17-18(10-15)29-12-28-17/h3-6,9-11H,7-8,12H2,1-2H3,(H,23,25)/b19-11-. The van der Waals surface area contributed by atoms with Crippen LogP contribution < -0.4 is 14.8 Å². The Labute approximate surface area is 178 Å². The highest BCUT2D eigenvalue weighted by Crippen LogP contribution is 2.36. The molecule has 1 fully saturated rings. The highest BCUT2D eigenvalue weighted by molar-refractivity contribution is 8.18. The van der Waals surface area contributed by atoms with Gasteiger partial charge in [-0.2, -0.15) is 0 Å². The molecule has 4 rings (SSSR count). The molecular weight excluding hydrogens is 404 g/mol. The van der Waals surface area contributed by atoms with Gasteiger partial charge in [-0.1, -0.05) is 12.1 Å². The minimum absolute atomic E-state index is 0.111. The Bertz CT molecular complexity index is 1080. The molecule has 0 aliphatic carbocycles. The zero-order chi connectivity index (χ0) is 21.3. The summed E-state index contributed by atoms with van der Waals surface area (Å²) in [6, 6.07) is 10.8. The summed E-state index contributed by atoms with van der Waals surface area (Å²) in [6.07, 6.45) is 1.65. The Morgan fingerprint density at radius 1 is 1.10 bits per heavy atom. The van der Waals surface area contributed by atoms with E-state index in [4.69, 9.17) is 9.47 Å². The summed E-state index contributed by atoms with van der Waals surface area (Å²) in [5, 5.41) is 2.41. The zero-order valence-electron chi connectivity index (χ0n) is 16.6. The number of benzene rings is 2. The molecule has 2 heterocycles. The van der Waals surface area contributed by atoms with E-state index in [9.17, 15) is 14.4 Å². The van der Waals surface area contributed by atoms with E-state index in [1.165, 1.54) is 0 Å². The van der Waals surface area contributed by atoms with Crippen molar-refractivity contribution in [2.75, 3.05) is 19.9 Å². The fourth-order valence-corrected chi connectivity index (χ4v) is 3.98. The van der Waals surface area contributed by atoms with E-state index >= 15 is 0 Å². The van der Waals surface area contributed by atoms with Gasteiger partial charge in [-0.15, -0.1) is 0 Å². The van der Waals surface area contributed by atoms with Crippen LogP contribution in [0.25, 0.3) is 6.08 Å². The first-order valence-electron chi connectivity index (χ1n) is 9.43. The lowest BCUT2D eigenvalue weighted by molar-refractivity contribution is -0.122. The Hall–Kier alpha value is -3.26. The van der Waals surface area contributed by atoms with Gasteiger partial charge >= 0.3 is 0 Å². The molecule has 0 atom stereocenters. The molecule has 30 heavy (non-hydrogen) atoms. The number of carbonyl (C=O) groups is 3. The van der Waals surface area contributed by atoms with Gasteiger partial charge in [0, 0.05) is 18.7 Å². The summed E-state index contributed by atoms with van der Waals surface area (Å²) in [7, 11) is 0. The van der Waals surface area contributed by atoms with Crippen molar-refractivity contribution in [1.82, 2.24) is 10.2 Å². The number of carbonyl (C=O) groups excluding carboxylic acids is 3. The van der Waals surface area contributed by atoms with Crippen molar-refractivity contribution in [2.24, 2.45) is 0 Å².